The average molecular weight is 399 g/mol. The van der Waals surface area contributed by atoms with Crippen LogP contribution in [0, 0.1) is 5.41 Å². The van der Waals surface area contributed by atoms with Crippen molar-refractivity contribution >= 4 is 11.8 Å². The Balaban J connectivity index is 1.70. The molecule has 1 N–H and O–H groups in total. The molecule has 0 aromatic heterocycles. The van der Waals surface area contributed by atoms with Crippen molar-refractivity contribution in [2.45, 2.75) is 83.7 Å². The highest BCUT2D eigenvalue weighted by molar-refractivity contribution is 5.88. The van der Waals surface area contributed by atoms with E-state index in [1.165, 1.54) is 5.56 Å². The van der Waals surface area contributed by atoms with Crippen LogP contribution in [0.4, 0.5) is 0 Å². The molecule has 1 aromatic carbocycles. The van der Waals surface area contributed by atoms with E-state index in [1.807, 2.05) is 22.8 Å². The summed E-state index contributed by atoms with van der Waals surface area (Å²) in [6, 6.07) is 5.53. The number of rotatable bonds is 2. The highest BCUT2D eigenvalue weighted by atomic mass is 16.3. The van der Waals surface area contributed by atoms with Crippen LogP contribution >= 0.6 is 0 Å². The predicted molar refractivity (Wildman–Crippen MR) is 113 cm³/mol. The number of phenols is 1. The third kappa shape index (κ3) is 2.88. The molecule has 2 fully saturated rings. The van der Waals surface area contributed by atoms with E-state index in [4.69, 9.17) is 0 Å². The van der Waals surface area contributed by atoms with E-state index in [9.17, 15) is 14.7 Å². The molecule has 0 radical (unpaired) electrons. The fourth-order valence-corrected chi connectivity index (χ4v) is 6.07. The molecule has 1 unspecified atom stereocenters. The van der Waals surface area contributed by atoms with Gasteiger partial charge in [0.15, 0.2) is 0 Å². The van der Waals surface area contributed by atoms with Gasteiger partial charge in [-0.2, -0.15) is 0 Å². The molecule has 3 aliphatic rings. The highest BCUT2D eigenvalue weighted by Crippen LogP contribution is 2.57. The molecule has 2 saturated heterocycles. The van der Waals surface area contributed by atoms with E-state index in [-0.39, 0.29) is 34.7 Å². The Morgan fingerprint density at radius 2 is 1.90 bits per heavy atom. The second kappa shape index (κ2) is 7.03. The van der Waals surface area contributed by atoms with Crippen LogP contribution in [0.3, 0.4) is 0 Å². The molecule has 2 heterocycles. The Morgan fingerprint density at radius 3 is 2.62 bits per heavy atom. The van der Waals surface area contributed by atoms with Gasteiger partial charge in [0.2, 0.25) is 11.8 Å². The molecule has 4 rings (SSSR count). The monoisotopic (exact) mass is 398 g/mol. The van der Waals surface area contributed by atoms with Gasteiger partial charge in [-0.1, -0.05) is 39.8 Å². The molecule has 1 aromatic rings. The van der Waals surface area contributed by atoms with Gasteiger partial charge in [0.1, 0.15) is 11.8 Å². The third-order valence-electron chi connectivity index (χ3n) is 8.32. The van der Waals surface area contributed by atoms with E-state index < -0.39 is 0 Å². The van der Waals surface area contributed by atoms with Gasteiger partial charge in [0.05, 0.1) is 0 Å². The van der Waals surface area contributed by atoms with Gasteiger partial charge in [-0.05, 0) is 54.7 Å². The van der Waals surface area contributed by atoms with Crippen LogP contribution in [-0.2, 0) is 21.4 Å². The number of nitrogens with zero attached hydrogens (tertiary/aromatic N) is 2. The summed E-state index contributed by atoms with van der Waals surface area (Å²) < 4.78 is 0. The van der Waals surface area contributed by atoms with Crippen LogP contribution in [0.1, 0.15) is 70.9 Å². The molecule has 1 aliphatic carbocycles. The molecular weight excluding hydrogens is 364 g/mol. The number of phenolic OH excluding ortho intramolecular Hbond substituents is 1. The van der Waals surface area contributed by atoms with Gasteiger partial charge >= 0.3 is 0 Å². The van der Waals surface area contributed by atoms with Crippen molar-refractivity contribution in [3.05, 3.63) is 29.3 Å². The minimum absolute atomic E-state index is 0.0232. The van der Waals surface area contributed by atoms with Gasteiger partial charge in [0, 0.05) is 31.0 Å². The Kier molecular flexibility index (Phi) is 4.91. The van der Waals surface area contributed by atoms with Crippen LogP contribution in [0.15, 0.2) is 18.2 Å². The van der Waals surface area contributed by atoms with Crippen molar-refractivity contribution in [3.8, 4) is 5.75 Å². The number of amides is 2. The number of piperidine rings is 2. The molecule has 2 aliphatic heterocycles. The molecule has 0 spiro atoms. The van der Waals surface area contributed by atoms with Crippen molar-refractivity contribution in [1.82, 2.24) is 9.80 Å². The lowest BCUT2D eigenvalue weighted by Crippen LogP contribution is -2.67. The van der Waals surface area contributed by atoms with Crippen LogP contribution in [0.5, 0.6) is 5.75 Å². The molecule has 158 valence electrons. The van der Waals surface area contributed by atoms with E-state index in [2.05, 4.69) is 26.8 Å². The fraction of sp³-hybridized carbons (Fsp3) is 0.667. The summed E-state index contributed by atoms with van der Waals surface area (Å²) >= 11 is 0. The lowest BCUT2D eigenvalue weighted by molar-refractivity contribution is -0.156. The van der Waals surface area contributed by atoms with E-state index in [0.29, 0.717) is 31.7 Å². The average Bonchev–Trinajstić information content (AvgIpc) is 2.70. The Bertz CT molecular complexity index is 833. The molecule has 2 amide bonds. The maximum absolute atomic E-state index is 13.7. The molecule has 0 saturated carbocycles. The SMILES string of the molecule is CCC(=O)N1CCCCC1C(=O)N1CC[C@@]2(C)c3cccc(O)c3C[C@@H]1C2(C)C. The number of carbonyl (C=O) groups excluding carboxylic acids is 2. The zero-order chi connectivity index (χ0) is 21.0. The second-order valence-electron chi connectivity index (χ2n) is 9.81. The topological polar surface area (TPSA) is 60.9 Å². The number of hydrogen-bond acceptors (Lipinski definition) is 3. The smallest absolute Gasteiger partial charge is 0.245 e. The third-order valence-corrected chi connectivity index (χ3v) is 8.32. The van der Waals surface area contributed by atoms with Crippen molar-refractivity contribution in [2.75, 3.05) is 13.1 Å². The first-order valence-corrected chi connectivity index (χ1v) is 11.1. The van der Waals surface area contributed by atoms with Gasteiger partial charge in [-0.3, -0.25) is 9.59 Å². The summed E-state index contributed by atoms with van der Waals surface area (Å²) in [5, 5.41) is 10.6. The first-order chi connectivity index (χ1) is 13.7. The lowest BCUT2D eigenvalue weighted by Gasteiger charge is -2.61. The number of benzene rings is 1. The Labute approximate surface area is 174 Å². The van der Waals surface area contributed by atoms with Gasteiger partial charge in [-0.15, -0.1) is 0 Å². The standard InChI is InChI=1S/C24H34N2O3/c1-5-21(28)25-13-7-6-10-18(25)22(29)26-14-12-24(4)17-9-8-11-19(27)16(17)15-20(26)23(24,2)3/h8-9,11,18,20,27H,5-7,10,12-15H2,1-4H3/t18?,20-,24+/m1/s1. The van der Waals surface area contributed by atoms with Gasteiger partial charge < -0.3 is 14.9 Å². The van der Waals surface area contributed by atoms with Gasteiger partial charge in [0.25, 0.3) is 0 Å². The van der Waals surface area contributed by atoms with Crippen LogP contribution in [-0.4, -0.2) is 51.9 Å². The number of aromatic hydroxyl groups is 1. The van der Waals surface area contributed by atoms with E-state index >= 15 is 0 Å². The minimum atomic E-state index is -0.331. The quantitative estimate of drug-likeness (QED) is 0.828. The number of hydrogen-bond donors (Lipinski definition) is 1. The summed E-state index contributed by atoms with van der Waals surface area (Å²) in [5.74, 6) is 0.519. The molecule has 2 bridgehead atoms. The summed E-state index contributed by atoms with van der Waals surface area (Å²) in [5.41, 5.74) is 2.01. The van der Waals surface area contributed by atoms with Crippen LogP contribution in [0.2, 0.25) is 0 Å². The Hall–Kier alpha value is -2.04. The predicted octanol–water partition coefficient (Wildman–Crippen LogP) is 3.62. The second-order valence-corrected chi connectivity index (χ2v) is 9.81. The molecule has 5 nitrogen and oxygen atoms in total. The summed E-state index contributed by atoms with van der Waals surface area (Å²) in [6.45, 7) is 10.1. The van der Waals surface area contributed by atoms with E-state index in [1.54, 1.807) is 6.07 Å². The highest BCUT2D eigenvalue weighted by Gasteiger charge is 2.58. The maximum atomic E-state index is 13.7. The van der Waals surface area contributed by atoms with Gasteiger partial charge in [-0.25, -0.2) is 0 Å². The first kappa shape index (κ1) is 20.2. The maximum Gasteiger partial charge on any atom is 0.245 e. The van der Waals surface area contributed by atoms with Crippen molar-refractivity contribution in [2.24, 2.45) is 5.41 Å². The number of fused-ring (bicyclic) bond motifs is 4. The molecular formula is C24H34N2O3. The van der Waals surface area contributed by atoms with Crippen molar-refractivity contribution < 1.29 is 14.7 Å². The molecule has 29 heavy (non-hydrogen) atoms. The zero-order valence-electron chi connectivity index (χ0n) is 18.2. The fourth-order valence-electron chi connectivity index (χ4n) is 6.07. The lowest BCUT2D eigenvalue weighted by atomic mass is 9.51. The number of carbonyl (C=O) groups is 2. The normalized spacial score (nSPS) is 30.6. The summed E-state index contributed by atoms with van der Waals surface area (Å²) in [7, 11) is 0. The molecule has 5 heteroatoms. The largest absolute Gasteiger partial charge is 0.508 e. The molecule has 3 atom stereocenters. The zero-order valence-corrected chi connectivity index (χ0v) is 18.2. The summed E-state index contributed by atoms with van der Waals surface area (Å²) in [6.07, 6.45) is 4.71. The van der Waals surface area contributed by atoms with Crippen LogP contribution in [0.25, 0.3) is 0 Å². The summed E-state index contributed by atoms with van der Waals surface area (Å²) in [4.78, 5) is 30.1. The first-order valence-electron chi connectivity index (χ1n) is 11.1. The van der Waals surface area contributed by atoms with Crippen molar-refractivity contribution in [3.63, 3.8) is 0 Å². The van der Waals surface area contributed by atoms with Crippen molar-refractivity contribution in [1.29, 1.82) is 0 Å². The van der Waals surface area contributed by atoms with Crippen LogP contribution < -0.4 is 0 Å². The van der Waals surface area contributed by atoms with E-state index in [0.717, 1.165) is 31.2 Å². The number of likely N-dealkylation sites (tertiary alicyclic amines) is 2. The Morgan fingerprint density at radius 1 is 1.14 bits per heavy atom. The minimum Gasteiger partial charge on any atom is -0.508 e.